The van der Waals surface area contributed by atoms with E-state index < -0.39 is 5.97 Å². The number of aliphatic carboxylic acids is 1. The summed E-state index contributed by atoms with van der Waals surface area (Å²) in [5.74, 6) is -0.251. The molecule has 2 aromatic heterocycles. The Morgan fingerprint density at radius 3 is 3.00 bits per heavy atom. The Labute approximate surface area is 110 Å². The molecule has 0 bridgehead atoms. The van der Waals surface area contributed by atoms with E-state index in [-0.39, 0.29) is 12.3 Å². The number of hydrogen-bond donors (Lipinski definition) is 1. The third-order valence-corrected chi connectivity index (χ3v) is 2.79. The first-order chi connectivity index (χ1) is 9.08. The van der Waals surface area contributed by atoms with Crippen molar-refractivity contribution >= 4 is 5.97 Å². The molecule has 0 fully saturated rings. The van der Waals surface area contributed by atoms with E-state index in [0.29, 0.717) is 12.4 Å². The van der Waals surface area contributed by atoms with Gasteiger partial charge in [-0.15, -0.1) is 5.10 Å². The van der Waals surface area contributed by atoms with Gasteiger partial charge in [0, 0.05) is 30.4 Å². The van der Waals surface area contributed by atoms with Gasteiger partial charge in [-0.2, -0.15) is 0 Å². The number of carboxylic acid groups (broad SMARTS) is 1. The summed E-state index contributed by atoms with van der Waals surface area (Å²) >= 11 is 0. The van der Waals surface area contributed by atoms with Crippen LogP contribution in [0.3, 0.4) is 0 Å². The number of nitrogens with zero attached hydrogens (tertiary/aromatic N) is 5. The first-order valence-electron chi connectivity index (χ1n) is 5.98. The average molecular weight is 261 g/mol. The number of rotatable bonds is 5. The molecule has 0 spiro atoms. The van der Waals surface area contributed by atoms with Crippen molar-refractivity contribution in [2.75, 3.05) is 0 Å². The van der Waals surface area contributed by atoms with Crippen molar-refractivity contribution in [1.82, 2.24) is 25.2 Å². The van der Waals surface area contributed by atoms with E-state index in [4.69, 9.17) is 5.11 Å². The maximum Gasteiger partial charge on any atom is 0.303 e. The fourth-order valence-corrected chi connectivity index (χ4v) is 1.90. The van der Waals surface area contributed by atoms with Crippen LogP contribution >= 0.6 is 0 Å². The van der Waals surface area contributed by atoms with E-state index in [9.17, 15) is 4.79 Å². The molecule has 2 aromatic rings. The van der Waals surface area contributed by atoms with Crippen LogP contribution in [0.1, 0.15) is 19.0 Å². The quantitative estimate of drug-likeness (QED) is 0.867. The van der Waals surface area contributed by atoms with Gasteiger partial charge >= 0.3 is 5.97 Å². The second kappa shape index (κ2) is 5.55. The highest BCUT2D eigenvalue weighted by Gasteiger charge is 2.15. The van der Waals surface area contributed by atoms with E-state index in [1.54, 1.807) is 10.9 Å². The van der Waals surface area contributed by atoms with E-state index in [1.807, 2.05) is 26.0 Å². The molecule has 0 saturated carbocycles. The van der Waals surface area contributed by atoms with Gasteiger partial charge in [-0.25, -0.2) is 4.68 Å². The van der Waals surface area contributed by atoms with Gasteiger partial charge < -0.3 is 5.11 Å². The van der Waals surface area contributed by atoms with Crippen molar-refractivity contribution < 1.29 is 9.90 Å². The summed E-state index contributed by atoms with van der Waals surface area (Å²) in [4.78, 5) is 14.9. The Morgan fingerprint density at radius 2 is 2.32 bits per heavy atom. The molecule has 100 valence electrons. The molecule has 1 atom stereocenters. The number of aromatic nitrogens is 5. The van der Waals surface area contributed by atoms with Crippen LogP contribution in [0.2, 0.25) is 0 Å². The minimum absolute atomic E-state index is 0.0447. The summed E-state index contributed by atoms with van der Waals surface area (Å²) in [5, 5.41) is 20.3. The summed E-state index contributed by atoms with van der Waals surface area (Å²) in [6.45, 7) is 4.20. The van der Waals surface area contributed by atoms with Crippen LogP contribution in [-0.4, -0.2) is 36.3 Å². The zero-order chi connectivity index (χ0) is 13.8. The highest BCUT2D eigenvalue weighted by Crippen LogP contribution is 2.19. The predicted molar refractivity (Wildman–Crippen MR) is 67.2 cm³/mol. The number of carbonyl (C=O) groups is 1. The zero-order valence-electron chi connectivity index (χ0n) is 10.8. The lowest BCUT2D eigenvalue weighted by molar-refractivity contribution is -0.138. The van der Waals surface area contributed by atoms with Gasteiger partial charge in [-0.1, -0.05) is 6.92 Å². The molecule has 0 aliphatic carbocycles. The fourth-order valence-electron chi connectivity index (χ4n) is 1.90. The first-order valence-corrected chi connectivity index (χ1v) is 5.98. The van der Waals surface area contributed by atoms with Gasteiger partial charge in [-0.05, 0) is 35.4 Å². The predicted octanol–water partition coefficient (Wildman–Crippen LogP) is 1.15. The highest BCUT2D eigenvalue weighted by atomic mass is 16.4. The summed E-state index contributed by atoms with van der Waals surface area (Å²) in [6.07, 6.45) is 1.80. The number of pyridine rings is 1. The normalized spacial score (nSPS) is 12.3. The van der Waals surface area contributed by atoms with Crippen LogP contribution < -0.4 is 0 Å². The van der Waals surface area contributed by atoms with Crippen molar-refractivity contribution in [3.8, 4) is 11.4 Å². The summed E-state index contributed by atoms with van der Waals surface area (Å²) in [7, 11) is 0. The maximum atomic E-state index is 10.7. The van der Waals surface area contributed by atoms with Crippen LogP contribution in [0.4, 0.5) is 0 Å². The Kier molecular flexibility index (Phi) is 3.84. The minimum Gasteiger partial charge on any atom is -0.481 e. The zero-order valence-corrected chi connectivity index (χ0v) is 10.8. The van der Waals surface area contributed by atoms with E-state index in [0.717, 1.165) is 11.3 Å². The van der Waals surface area contributed by atoms with Crippen LogP contribution in [0.15, 0.2) is 18.3 Å². The summed E-state index contributed by atoms with van der Waals surface area (Å²) in [5.41, 5.74) is 1.69. The molecule has 2 heterocycles. The van der Waals surface area contributed by atoms with E-state index in [1.165, 1.54) is 0 Å². The largest absolute Gasteiger partial charge is 0.481 e. The van der Waals surface area contributed by atoms with Crippen molar-refractivity contribution in [3.05, 3.63) is 24.0 Å². The standard InChI is InChI=1S/C12H15N5O2/c1-8(6-11(18)19)7-17-12(14-15-16-17)10-4-3-5-13-9(10)2/h3-5,8H,6-7H2,1-2H3,(H,18,19). The summed E-state index contributed by atoms with van der Waals surface area (Å²) < 4.78 is 1.62. The molecular weight excluding hydrogens is 246 g/mol. The monoisotopic (exact) mass is 261 g/mol. The topological polar surface area (TPSA) is 93.8 Å². The average Bonchev–Trinajstić information content (AvgIpc) is 2.76. The van der Waals surface area contributed by atoms with Crippen molar-refractivity contribution in [2.24, 2.45) is 5.92 Å². The molecule has 0 radical (unpaired) electrons. The molecular formula is C12H15N5O2. The summed E-state index contributed by atoms with van der Waals surface area (Å²) in [6, 6.07) is 3.72. The molecule has 1 unspecified atom stereocenters. The molecule has 0 aromatic carbocycles. The van der Waals surface area contributed by atoms with Gasteiger partial charge in [0.2, 0.25) is 0 Å². The van der Waals surface area contributed by atoms with Gasteiger partial charge in [0.15, 0.2) is 5.82 Å². The second-order valence-electron chi connectivity index (χ2n) is 4.52. The fraction of sp³-hybridized carbons (Fsp3) is 0.417. The van der Waals surface area contributed by atoms with E-state index >= 15 is 0 Å². The van der Waals surface area contributed by atoms with Crippen LogP contribution in [0.25, 0.3) is 11.4 Å². The Morgan fingerprint density at radius 1 is 1.53 bits per heavy atom. The van der Waals surface area contributed by atoms with E-state index in [2.05, 4.69) is 20.5 Å². The smallest absolute Gasteiger partial charge is 0.303 e. The lowest BCUT2D eigenvalue weighted by atomic mass is 10.1. The second-order valence-corrected chi connectivity index (χ2v) is 4.52. The number of tetrazole rings is 1. The van der Waals surface area contributed by atoms with Gasteiger partial charge in [-0.3, -0.25) is 9.78 Å². The van der Waals surface area contributed by atoms with Crippen molar-refractivity contribution in [3.63, 3.8) is 0 Å². The van der Waals surface area contributed by atoms with Gasteiger partial charge in [0.05, 0.1) is 0 Å². The molecule has 0 saturated heterocycles. The Hall–Kier alpha value is -2.31. The molecule has 0 aliphatic heterocycles. The molecule has 1 N–H and O–H groups in total. The number of aryl methyl sites for hydroxylation is 1. The highest BCUT2D eigenvalue weighted by molar-refractivity contribution is 5.67. The lowest BCUT2D eigenvalue weighted by Gasteiger charge is -2.10. The third kappa shape index (κ3) is 3.12. The minimum atomic E-state index is -0.820. The molecule has 2 rings (SSSR count). The molecule has 0 aliphatic rings. The third-order valence-electron chi connectivity index (χ3n) is 2.79. The first kappa shape index (κ1) is 13.1. The Balaban J connectivity index is 2.23. The van der Waals surface area contributed by atoms with Crippen molar-refractivity contribution in [2.45, 2.75) is 26.8 Å². The van der Waals surface area contributed by atoms with Crippen LogP contribution in [0.5, 0.6) is 0 Å². The van der Waals surface area contributed by atoms with Crippen LogP contribution in [0, 0.1) is 12.8 Å². The molecule has 7 nitrogen and oxygen atoms in total. The maximum absolute atomic E-state index is 10.7. The van der Waals surface area contributed by atoms with Crippen molar-refractivity contribution in [1.29, 1.82) is 0 Å². The van der Waals surface area contributed by atoms with Gasteiger partial charge in [0.1, 0.15) is 0 Å². The van der Waals surface area contributed by atoms with Gasteiger partial charge in [0.25, 0.3) is 0 Å². The molecule has 19 heavy (non-hydrogen) atoms. The van der Waals surface area contributed by atoms with Crippen LogP contribution in [-0.2, 0) is 11.3 Å². The number of carboxylic acids is 1. The molecule has 7 heteroatoms. The number of hydrogen-bond acceptors (Lipinski definition) is 5. The Bertz CT molecular complexity index is 581. The lowest BCUT2D eigenvalue weighted by Crippen LogP contribution is -2.14. The molecule has 0 amide bonds. The SMILES string of the molecule is Cc1ncccc1-c1nnnn1CC(C)CC(=O)O.